The molecule has 0 saturated carbocycles. The number of ether oxygens (including phenoxy) is 2. The summed E-state index contributed by atoms with van der Waals surface area (Å²) in [5.41, 5.74) is 1.64. The summed E-state index contributed by atoms with van der Waals surface area (Å²) in [6.45, 7) is 2.54. The minimum absolute atomic E-state index is 0.165. The predicted octanol–water partition coefficient (Wildman–Crippen LogP) is 4.32. The van der Waals surface area contributed by atoms with Crippen LogP contribution >= 0.6 is 11.3 Å². The monoisotopic (exact) mass is 424 g/mol. The molecule has 0 spiro atoms. The highest BCUT2D eigenvalue weighted by Gasteiger charge is 2.13. The van der Waals surface area contributed by atoms with Crippen molar-refractivity contribution in [3.8, 4) is 22.9 Å². The van der Waals surface area contributed by atoms with Gasteiger partial charge in [-0.1, -0.05) is 16.5 Å². The molecule has 0 radical (unpaired) electrons. The fraction of sp³-hybridized carbons (Fsp3) is 0.238. The molecule has 8 nitrogen and oxygen atoms in total. The summed E-state index contributed by atoms with van der Waals surface area (Å²) >= 11 is 1.40. The number of carbonyl (C=O) groups is 1. The Bertz CT molecular complexity index is 1150. The molecule has 4 rings (SSSR count). The topological polar surface area (TPSA) is 99.4 Å². The van der Waals surface area contributed by atoms with Crippen LogP contribution in [-0.4, -0.2) is 34.7 Å². The Hall–Kier alpha value is -3.46. The third kappa shape index (κ3) is 4.57. The van der Waals surface area contributed by atoms with Crippen molar-refractivity contribution in [2.75, 3.05) is 19.0 Å². The van der Waals surface area contributed by atoms with Gasteiger partial charge in [0.15, 0.2) is 5.13 Å². The number of carbonyl (C=O) groups excluding carboxylic acids is 1. The Labute approximate surface area is 176 Å². The van der Waals surface area contributed by atoms with Crippen LogP contribution < -0.4 is 14.8 Å². The van der Waals surface area contributed by atoms with Gasteiger partial charge in [-0.3, -0.25) is 4.79 Å². The number of nitrogens with zero attached hydrogens (tertiary/aromatic N) is 3. The maximum Gasteiger partial charge on any atom is 0.227 e. The molecule has 30 heavy (non-hydrogen) atoms. The average molecular weight is 424 g/mol. The molecular formula is C21H20N4O4S. The number of aromatic nitrogens is 3. The van der Waals surface area contributed by atoms with Crippen LogP contribution in [0.3, 0.4) is 0 Å². The van der Waals surface area contributed by atoms with E-state index >= 15 is 0 Å². The van der Waals surface area contributed by atoms with E-state index in [0.29, 0.717) is 29.9 Å². The van der Waals surface area contributed by atoms with Gasteiger partial charge >= 0.3 is 0 Å². The summed E-state index contributed by atoms with van der Waals surface area (Å²) in [5, 5.41) is 7.35. The molecule has 9 heteroatoms. The molecule has 1 amide bonds. The van der Waals surface area contributed by atoms with Crippen LogP contribution in [0.15, 0.2) is 47.0 Å². The number of fused-ring (bicyclic) bond motifs is 1. The first kappa shape index (κ1) is 19.8. The van der Waals surface area contributed by atoms with Crippen LogP contribution in [-0.2, 0) is 11.2 Å². The smallest absolute Gasteiger partial charge is 0.227 e. The van der Waals surface area contributed by atoms with Crippen LogP contribution in [0.4, 0.5) is 5.13 Å². The number of hydrogen-bond acceptors (Lipinski definition) is 8. The summed E-state index contributed by atoms with van der Waals surface area (Å²) in [4.78, 5) is 21.1. The highest BCUT2D eigenvalue weighted by atomic mass is 32.1. The third-order valence-electron chi connectivity index (χ3n) is 4.30. The number of rotatable bonds is 8. The van der Waals surface area contributed by atoms with E-state index in [9.17, 15) is 4.79 Å². The summed E-state index contributed by atoms with van der Waals surface area (Å²) in [6, 6.07) is 13.0. The van der Waals surface area contributed by atoms with Gasteiger partial charge < -0.3 is 19.3 Å². The van der Waals surface area contributed by atoms with Crippen molar-refractivity contribution < 1.29 is 18.8 Å². The van der Waals surface area contributed by atoms with E-state index in [1.54, 1.807) is 7.11 Å². The molecule has 2 aromatic heterocycles. The predicted molar refractivity (Wildman–Crippen MR) is 114 cm³/mol. The Morgan fingerprint density at radius 2 is 1.93 bits per heavy atom. The lowest BCUT2D eigenvalue weighted by Gasteiger charge is -2.02. The second-order valence-corrected chi connectivity index (χ2v) is 7.40. The van der Waals surface area contributed by atoms with E-state index in [4.69, 9.17) is 14.0 Å². The van der Waals surface area contributed by atoms with E-state index in [1.165, 1.54) is 11.3 Å². The molecule has 2 heterocycles. The summed E-state index contributed by atoms with van der Waals surface area (Å²) in [5.74, 6) is 2.26. The summed E-state index contributed by atoms with van der Waals surface area (Å²) in [7, 11) is 1.61. The Morgan fingerprint density at radius 3 is 2.70 bits per heavy atom. The normalized spacial score (nSPS) is 10.9. The quantitative estimate of drug-likeness (QED) is 0.449. The summed E-state index contributed by atoms with van der Waals surface area (Å²) < 4.78 is 16.9. The van der Waals surface area contributed by atoms with Gasteiger partial charge in [0.2, 0.25) is 17.6 Å². The zero-order valence-corrected chi connectivity index (χ0v) is 17.4. The third-order valence-corrected chi connectivity index (χ3v) is 5.23. The molecule has 0 saturated heterocycles. The lowest BCUT2D eigenvalue weighted by molar-refractivity contribution is -0.116. The van der Waals surface area contributed by atoms with Gasteiger partial charge in [-0.05, 0) is 49.4 Å². The van der Waals surface area contributed by atoms with Crippen LogP contribution in [0.25, 0.3) is 21.6 Å². The van der Waals surface area contributed by atoms with E-state index in [0.717, 1.165) is 27.3 Å². The van der Waals surface area contributed by atoms with E-state index in [1.807, 2.05) is 49.4 Å². The minimum Gasteiger partial charge on any atom is -0.497 e. The largest absolute Gasteiger partial charge is 0.497 e. The number of amides is 1. The molecule has 1 N–H and O–H groups in total. The maximum absolute atomic E-state index is 12.3. The van der Waals surface area contributed by atoms with Crippen molar-refractivity contribution in [3.63, 3.8) is 0 Å². The van der Waals surface area contributed by atoms with Crippen molar-refractivity contribution in [1.29, 1.82) is 0 Å². The van der Waals surface area contributed by atoms with Crippen molar-refractivity contribution in [3.05, 3.63) is 48.4 Å². The standard InChI is InChI=1S/C21H20N4O4S/c1-3-28-14-6-4-13(5-7-14)20-24-19(29-25-20)11-10-18(26)23-21-22-16-9-8-15(27-2)12-17(16)30-21/h4-9,12H,3,10-11H2,1-2H3,(H,22,23,26). The van der Waals surface area contributed by atoms with E-state index in [2.05, 4.69) is 20.4 Å². The zero-order valence-electron chi connectivity index (χ0n) is 16.5. The lowest BCUT2D eigenvalue weighted by atomic mass is 10.2. The Kier molecular flexibility index (Phi) is 5.89. The van der Waals surface area contributed by atoms with Gasteiger partial charge in [0.25, 0.3) is 0 Å². The van der Waals surface area contributed by atoms with E-state index < -0.39 is 0 Å². The first-order valence-electron chi connectivity index (χ1n) is 9.45. The highest BCUT2D eigenvalue weighted by molar-refractivity contribution is 7.22. The molecule has 154 valence electrons. The molecule has 0 unspecified atom stereocenters. The molecule has 4 aromatic rings. The lowest BCUT2D eigenvalue weighted by Crippen LogP contribution is -2.12. The number of benzene rings is 2. The van der Waals surface area contributed by atoms with Crippen molar-refractivity contribution in [1.82, 2.24) is 15.1 Å². The SMILES string of the molecule is CCOc1ccc(-c2noc(CCC(=O)Nc3nc4ccc(OC)cc4s3)n2)cc1. The van der Waals surface area contributed by atoms with Crippen molar-refractivity contribution >= 4 is 32.6 Å². The number of thiazole rings is 1. The number of anilines is 1. The number of nitrogens with one attached hydrogen (secondary N) is 1. The molecule has 2 aromatic carbocycles. The molecule has 0 fully saturated rings. The van der Waals surface area contributed by atoms with Crippen molar-refractivity contribution in [2.24, 2.45) is 0 Å². The zero-order chi connectivity index (χ0) is 20.9. The van der Waals surface area contributed by atoms with E-state index in [-0.39, 0.29) is 12.3 Å². The summed E-state index contributed by atoms with van der Waals surface area (Å²) in [6.07, 6.45) is 0.554. The van der Waals surface area contributed by atoms with Crippen LogP contribution in [0.1, 0.15) is 19.2 Å². The van der Waals surface area contributed by atoms with Gasteiger partial charge in [-0.25, -0.2) is 4.98 Å². The van der Waals surface area contributed by atoms with Gasteiger partial charge in [-0.2, -0.15) is 4.98 Å². The fourth-order valence-corrected chi connectivity index (χ4v) is 3.74. The second-order valence-electron chi connectivity index (χ2n) is 6.37. The molecule has 0 aliphatic heterocycles. The van der Waals surface area contributed by atoms with Gasteiger partial charge in [0.1, 0.15) is 11.5 Å². The molecular weight excluding hydrogens is 404 g/mol. The van der Waals surface area contributed by atoms with Crippen LogP contribution in [0.5, 0.6) is 11.5 Å². The van der Waals surface area contributed by atoms with Crippen LogP contribution in [0.2, 0.25) is 0 Å². The number of hydrogen-bond donors (Lipinski definition) is 1. The minimum atomic E-state index is -0.165. The first-order valence-corrected chi connectivity index (χ1v) is 10.3. The second kappa shape index (κ2) is 8.91. The first-order chi connectivity index (χ1) is 14.6. The maximum atomic E-state index is 12.3. The van der Waals surface area contributed by atoms with Crippen LogP contribution in [0, 0.1) is 0 Å². The molecule has 0 bridgehead atoms. The number of aryl methyl sites for hydroxylation is 1. The van der Waals surface area contributed by atoms with Gasteiger partial charge in [-0.15, -0.1) is 0 Å². The average Bonchev–Trinajstić information content (AvgIpc) is 3.39. The van der Waals surface area contributed by atoms with Gasteiger partial charge in [0, 0.05) is 18.4 Å². The molecule has 0 aliphatic carbocycles. The highest BCUT2D eigenvalue weighted by Crippen LogP contribution is 2.29. The Balaban J connectivity index is 1.34. The number of methoxy groups -OCH3 is 1. The van der Waals surface area contributed by atoms with Crippen molar-refractivity contribution in [2.45, 2.75) is 19.8 Å². The van der Waals surface area contributed by atoms with Gasteiger partial charge in [0.05, 0.1) is 23.9 Å². The fourth-order valence-electron chi connectivity index (χ4n) is 2.83. The molecule has 0 atom stereocenters. The Morgan fingerprint density at radius 1 is 1.13 bits per heavy atom. The molecule has 0 aliphatic rings.